The van der Waals surface area contributed by atoms with Crippen LogP contribution in [0.15, 0.2) is 24.3 Å². The molecule has 1 aromatic rings. The number of hydrogen-bond acceptors (Lipinski definition) is 1. The molecule has 0 heterocycles. The molecule has 0 aliphatic heterocycles. The van der Waals surface area contributed by atoms with Crippen LogP contribution in [-0.2, 0) is 0 Å². The SMILES string of the molecule is CCNC(c1ccccc1C)C1C2CCCC21. The molecule has 2 fully saturated rings. The highest BCUT2D eigenvalue weighted by Crippen LogP contribution is 2.62. The summed E-state index contributed by atoms with van der Waals surface area (Å²) in [4.78, 5) is 0. The van der Waals surface area contributed by atoms with Gasteiger partial charge < -0.3 is 5.32 Å². The number of rotatable bonds is 4. The van der Waals surface area contributed by atoms with Crippen LogP contribution in [-0.4, -0.2) is 6.54 Å². The van der Waals surface area contributed by atoms with Gasteiger partial charge in [0.1, 0.15) is 0 Å². The largest absolute Gasteiger partial charge is 0.310 e. The Morgan fingerprint density at radius 3 is 2.59 bits per heavy atom. The van der Waals surface area contributed by atoms with Crippen LogP contribution < -0.4 is 5.32 Å². The van der Waals surface area contributed by atoms with Gasteiger partial charge in [-0.15, -0.1) is 0 Å². The third-order valence-corrected chi connectivity index (χ3v) is 4.81. The molecular formula is C16H23N. The number of fused-ring (bicyclic) bond motifs is 1. The highest BCUT2D eigenvalue weighted by Gasteiger charge is 2.55. The molecule has 3 atom stereocenters. The highest BCUT2D eigenvalue weighted by molar-refractivity contribution is 5.31. The molecule has 2 saturated carbocycles. The Labute approximate surface area is 105 Å². The van der Waals surface area contributed by atoms with Crippen molar-refractivity contribution in [1.82, 2.24) is 5.32 Å². The Morgan fingerprint density at radius 2 is 1.94 bits per heavy atom. The Kier molecular flexibility index (Phi) is 2.96. The summed E-state index contributed by atoms with van der Waals surface area (Å²) in [5.74, 6) is 2.97. The van der Waals surface area contributed by atoms with Crippen LogP contribution in [0, 0.1) is 24.7 Å². The van der Waals surface area contributed by atoms with Crippen molar-refractivity contribution in [2.24, 2.45) is 17.8 Å². The number of hydrogen-bond donors (Lipinski definition) is 1. The maximum Gasteiger partial charge on any atom is 0.0356 e. The first-order valence-electron chi connectivity index (χ1n) is 7.12. The van der Waals surface area contributed by atoms with Gasteiger partial charge in [0.05, 0.1) is 0 Å². The molecule has 17 heavy (non-hydrogen) atoms. The van der Waals surface area contributed by atoms with Gasteiger partial charge in [0.25, 0.3) is 0 Å². The number of nitrogens with one attached hydrogen (secondary N) is 1. The fourth-order valence-corrected chi connectivity index (χ4v) is 3.98. The van der Waals surface area contributed by atoms with Gasteiger partial charge in [-0.1, -0.05) is 37.6 Å². The predicted molar refractivity (Wildman–Crippen MR) is 71.9 cm³/mol. The Morgan fingerprint density at radius 1 is 1.24 bits per heavy atom. The van der Waals surface area contributed by atoms with E-state index in [1.165, 1.54) is 30.4 Å². The van der Waals surface area contributed by atoms with Crippen LogP contribution in [0.2, 0.25) is 0 Å². The fraction of sp³-hybridized carbons (Fsp3) is 0.625. The molecule has 0 amide bonds. The average Bonchev–Trinajstić information content (AvgIpc) is 2.81. The summed E-state index contributed by atoms with van der Waals surface area (Å²) >= 11 is 0. The van der Waals surface area contributed by atoms with E-state index in [4.69, 9.17) is 0 Å². The first-order chi connectivity index (χ1) is 8.33. The topological polar surface area (TPSA) is 12.0 Å². The lowest BCUT2D eigenvalue weighted by Crippen LogP contribution is -2.25. The fourth-order valence-electron chi connectivity index (χ4n) is 3.98. The highest BCUT2D eigenvalue weighted by atomic mass is 14.9. The van der Waals surface area contributed by atoms with E-state index in [2.05, 4.69) is 43.4 Å². The monoisotopic (exact) mass is 229 g/mol. The van der Waals surface area contributed by atoms with Gasteiger partial charge in [-0.25, -0.2) is 0 Å². The minimum Gasteiger partial charge on any atom is -0.310 e. The summed E-state index contributed by atoms with van der Waals surface area (Å²) in [5.41, 5.74) is 2.98. The van der Waals surface area contributed by atoms with Crippen molar-refractivity contribution in [2.75, 3.05) is 6.54 Å². The van der Waals surface area contributed by atoms with Crippen molar-refractivity contribution in [3.8, 4) is 0 Å². The van der Waals surface area contributed by atoms with Gasteiger partial charge in [0.2, 0.25) is 0 Å². The summed E-state index contributed by atoms with van der Waals surface area (Å²) in [5, 5.41) is 3.73. The van der Waals surface area contributed by atoms with Crippen LogP contribution in [0.4, 0.5) is 0 Å². The summed E-state index contributed by atoms with van der Waals surface area (Å²) in [6.45, 7) is 5.55. The van der Waals surface area contributed by atoms with E-state index in [0.29, 0.717) is 6.04 Å². The zero-order chi connectivity index (χ0) is 11.8. The third kappa shape index (κ3) is 1.91. The Bertz CT molecular complexity index is 388. The Balaban J connectivity index is 1.83. The molecular weight excluding hydrogens is 206 g/mol. The van der Waals surface area contributed by atoms with Crippen LogP contribution in [0.5, 0.6) is 0 Å². The van der Waals surface area contributed by atoms with Gasteiger partial charge in [-0.2, -0.15) is 0 Å². The second-order valence-electron chi connectivity index (χ2n) is 5.73. The van der Waals surface area contributed by atoms with E-state index in [0.717, 1.165) is 24.3 Å². The molecule has 3 unspecified atom stereocenters. The van der Waals surface area contributed by atoms with Gasteiger partial charge in [-0.05, 0) is 55.2 Å². The molecule has 0 aromatic heterocycles. The minimum absolute atomic E-state index is 0.608. The van der Waals surface area contributed by atoms with Gasteiger partial charge >= 0.3 is 0 Å². The van der Waals surface area contributed by atoms with Crippen LogP contribution in [0.3, 0.4) is 0 Å². The van der Waals surface area contributed by atoms with E-state index in [-0.39, 0.29) is 0 Å². The smallest absolute Gasteiger partial charge is 0.0356 e. The van der Waals surface area contributed by atoms with Crippen molar-refractivity contribution < 1.29 is 0 Å². The molecule has 1 aromatic carbocycles. The summed E-state index contributed by atoms with van der Waals surface area (Å²) in [6.07, 6.45) is 4.42. The van der Waals surface area contributed by atoms with Crippen molar-refractivity contribution in [2.45, 2.75) is 39.2 Å². The standard InChI is InChI=1S/C16H23N/c1-3-17-16(12-8-5-4-7-11(12)2)15-13-9-6-10-14(13)15/h4-5,7-8,13-17H,3,6,9-10H2,1-2H3. The van der Waals surface area contributed by atoms with E-state index in [9.17, 15) is 0 Å². The van der Waals surface area contributed by atoms with E-state index >= 15 is 0 Å². The number of aryl methyl sites for hydroxylation is 1. The molecule has 3 rings (SSSR count). The van der Waals surface area contributed by atoms with Crippen molar-refractivity contribution >= 4 is 0 Å². The molecule has 0 bridgehead atoms. The predicted octanol–water partition coefficient (Wildman–Crippen LogP) is 3.69. The van der Waals surface area contributed by atoms with Crippen LogP contribution >= 0.6 is 0 Å². The first kappa shape index (κ1) is 11.3. The normalized spacial score (nSPS) is 32.2. The molecule has 1 heteroatoms. The van der Waals surface area contributed by atoms with Gasteiger partial charge in [-0.3, -0.25) is 0 Å². The maximum atomic E-state index is 3.73. The van der Waals surface area contributed by atoms with Crippen molar-refractivity contribution in [1.29, 1.82) is 0 Å². The zero-order valence-corrected chi connectivity index (χ0v) is 10.9. The maximum absolute atomic E-state index is 3.73. The summed E-state index contributed by atoms with van der Waals surface area (Å²) in [6, 6.07) is 9.51. The lowest BCUT2D eigenvalue weighted by atomic mass is 9.93. The lowest BCUT2D eigenvalue weighted by molar-refractivity contribution is 0.424. The number of benzene rings is 1. The lowest BCUT2D eigenvalue weighted by Gasteiger charge is -2.22. The van der Waals surface area contributed by atoms with E-state index < -0.39 is 0 Å². The second kappa shape index (κ2) is 4.45. The molecule has 2 aliphatic carbocycles. The van der Waals surface area contributed by atoms with Gasteiger partial charge in [0.15, 0.2) is 0 Å². The van der Waals surface area contributed by atoms with E-state index in [1.54, 1.807) is 0 Å². The average molecular weight is 229 g/mol. The van der Waals surface area contributed by atoms with Gasteiger partial charge in [0, 0.05) is 6.04 Å². The molecule has 1 N–H and O–H groups in total. The molecule has 0 radical (unpaired) electrons. The van der Waals surface area contributed by atoms with Crippen LogP contribution in [0.25, 0.3) is 0 Å². The molecule has 1 nitrogen and oxygen atoms in total. The second-order valence-corrected chi connectivity index (χ2v) is 5.73. The van der Waals surface area contributed by atoms with Crippen molar-refractivity contribution in [3.05, 3.63) is 35.4 Å². The van der Waals surface area contributed by atoms with Crippen molar-refractivity contribution in [3.63, 3.8) is 0 Å². The first-order valence-corrected chi connectivity index (χ1v) is 7.12. The Hall–Kier alpha value is -0.820. The zero-order valence-electron chi connectivity index (χ0n) is 10.9. The van der Waals surface area contributed by atoms with E-state index in [1.807, 2.05) is 0 Å². The molecule has 0 spiro atoms. The molecule has 2 aliphatic rings. The molecule has 0 saturated heterocycles. The summed E-state index contributed by atoms with van der Waals surface area (Å²) in [7, 11) is 0. The van der Waals surface area contributed by atoms with Crippen LogP contribution in [0.1, 0.15) is 43.4 Å². The minimum atomic E-state index is 0.608. The third-order valence-electron chi connectivity index (χ3n) is 4.81. The summed E-state index contributed by atoms with van der Waals surface area (Å²) < 4.78 is 0. The molecule has 92 valence electrons. The quantitative estimate of drug-likeness (QED) is 0.830.